The molecule has 4 N–H and O–H groups in total. The van der Waals surface area contributed by atoms with Crippen LogP contribution in [0.4, 0.5) is 0 Å². The minimum absolute atomic E-state index is 0.421. The van der Waals surface area contributed by atoms with Crippen LogP contribution in [-0.4, -0.2) is 35.7 Å². The van der Waals surface area contributed by atoms with Crippen molar-refractivity contribution >= 4 is 56.9 Å². The minimum atomic E-state index is 0.421. The average Bonchev–Trinajstić information content (AvgIpc) is 2.65. The maximum Gasteiger partial charge on any atom is 0.186 e. The number of hydrazone groups is 2. The van der Waals surface area contributed by atoms with Gasteiger partial charge in [-0.2, -0.15) is 10.2 Å². The molecule has 2 rings (SSSR count). The lowest BCUT2D eigenvalue weighted by atomic mass is 9.99. The third kappa shape index (κ3) is 4.94. The maximum absolute atomic E-state index is 5.12. The van der Waals surface area contributed by atoms with Crippen LogP contribution in [0.25, 0.3) is 10.8 Å². The number of hydrogen-bond donors (Lipinski definition) is 4. The first kappa shape index (κ1) is 18.8. The molecule has 0 aromatic heterocycles. The quantitative estimate of drug-likeness (QED) is 0.374. The Morgan fingerprint density at radius 2 is 1.44 bits per heavy atom. The highest BCUT2D eigenvalue weighted by atomic mass is 32.1. The largest absolute Gasteiger partial charge is 0.364 e. The topological polar surface area (TPSA) is 72.8 Å². The van der Waals surface area contributed by atoms with E-state index in [1.165, 1.54) is 0 Å². The van der Waals surface area contributed by atoms with Crippen molar-refractivity contribution in [3.63, 3.8) is 0 Å². The van der Waals surface area contributed by atoms with Crippen LogP contribution in [0.15, 0.2) is 52.7 Å². The molecule has 0 saturated carbocycles. The molecule has 2 aromatic rings. The number of rotatable bonds is 4. The van der Waals surface area contributed by atoms with Gasteiger partial charge in [0, 0.05) is 19.7 Å². The normalized spacial score (nSPS) is 11.8. The van der Waals surface area contributed by atoms with Gasteiger partial charge in [-0.05, 0) is 42.1 Å². The van der Waals surface area contributed by atoms with Crippen molar-refractivity contribution in [3.05, 3.63) is 48.0 Å². The van der Waals surface area contributed by atoms with Gasteiger partial charge >= 0.3 is 0 Å². The van der Waals surface area contributed by atoms with E-state index in [0.29, 0.717) is 21.6 Å². The lowest BCUT2D eigenvalue weighted by molar-refractivity contribution is 0.966. The van der Waals surface area contributed by atoms with Gasteiger partial charge < -0.3 is 10.6 Å². The molecule has 0 fully saturated rings. The van der Waals surface area contributed by atoms with Gasteiger partial charge in [0.1, 0.15) is 5.71 Å². The van der Waals surface area contributed by atoms with Crippen LogP contribution in [0, 0.1) is 0 Å². The van der Waals surface area contributed by atoms with Gasteiger partial charge in [-0.1, -0.05) is 42.5 Å². The average molecular weight is 373 g/mol. The van der Waals surface area contributed by atoms with Crippen molar-refractivity contribution in [2.45, 2.75) is 6.92 Å². The third-order valence-corrected chi connectivity index (χ3v) is 4.03. The summed E-state index contributed by atoms with van der Waals surface area (Å²) in [5.74, 6) is 0. The molecule has 0 aliphatic carbocycles. The second-order valence-electron chi connectivity index (χ2n) is 5.07. The van der Waals surface area contributed by atoms with Crippen molar-refractivity contribution in [2.75, 3.05) is 14.1 Å². The van der Waals surface area contributed by atoms with Crippen molar-refractivity contribution in [3.8, 4) is 0 Å². The molecule has 0 bridgehead atoms. The summed E-state index contributed by atoms with van der Waals surface area (Å²) in [7, 11) is 3.46. The Balaban J connectivity index is 2.50. The lowest BCUT2D eigenvalue weighted by Crippen LogP contribution is -2.32. The first-order valence-electron chi connectivity index (χ1n) is 7.62. The maximum atomic E-state index is 5.12. The highest BCUT2D eigenvalue weighted by molar-refractivity contribution is 7.80. The molecular formula is C17H20N6S2. The standard InChI is InChI=1S/C17H20N6S2/c1-11(20-22-16(24)18-2)15(21-23-17(25)19-3)14-10-6-8-12-7-4-5-9-13(12)14/h4-10H,1-3H3,(H2,18,22,24)(H2,19,23,25). The van der Waals surface area contributed by atoms with Crippen molar-refractivity contribution < 1.29 is 0 Å². The number of hydrogen-bond acceptors (Lipinski definition) is 4. The summed E-state index contributed by atoms with van der Waals surface area (Å²) in [5.41, 5.74) is 7.89. The Kier molecular flexibility index (Phi) is 6.79. The fourth-order valence-corrected chi connectivity index (χ4v) is 2.27. The van der Waals surface area contributed by atoms with E-state index >= 15 is 0 Å². The molecule has 25 heavy (non-hydrogen) atoms. The molecule has 0 atom stereocenters. The molecule has 0 spiro atoms. The van der Waals surface area contributed by atoms with E-state index < -0.39 is 0 Å². The van der Waals surface area contributed by atoms with Crippen LogP contribution < -0.4 is 21.5 Å². The molecule has 0 unspecified atom stereocenters. The van der Waals surface area contributed by atoms with Gasteiger partial charge in [-0.25, -0.2) is 0 Å². The van der Waals surface area contributed by atoms with Gasteiger partial charge in [-0.15, -0.1) is 0 Å². The van der Waals surface area contributed by atoms with Gasteiger partial charge in [-0.3, -0.25) is 10.9 Å². The molecule has 0 radical (unpaired) electrons. The predicted molar refractivity (Wildman–Crippen MR) is 113 cm³/mol. The monoisotopic (exact) mass is 372 g/mol. The summed E-state index contributed by atoms with van der Waals surface area (Å²) in [5, 5.41) is 17.5. The minimum Gasteiger partial charge on any atom is -0.364 e. The first-order chi connectivity index (χ1) is 12.1. The molecule has 2 aromatic carbocycles. The Bertz CT molecular complexity index is 839. The molecular weight excluding hydrogens is 352 g/mol. The van der Waals surface area contributed by atoms with Crippen molar-refractivity contribution in [2.24, 2.45) is 10.2 Å². The first-order valence-corrected chi connectivity index (χ1v) is 8.44. The number of thiocarbonyl (C=S) groups is 2. The molecule has 8 heteroatoms. The summed E-state index contributed by atoms with van der Waals surface area (Å²) in [4.78, 5) is 0. The predicted octanol–water partition coefficient (Wildman–Crippen LogP) is 2.11. The van der Waals surface area contributed by atoms with E-state index in [1.54, 1.807) is 14.1 Å². The van der Waals surface area contributed by atoms with Gasteiger partial charge in [0.25, 0.3) is 0 Å². The summed E-state index contributed by atoms with van der Waals surface area (Å²) in [6, 6.07) is 14.2. The van der Waals surface area contributed by atoms with E-state index in [-0.39, 0.29) is 0 Å². The van der Waals surface area contributed by atoms with E-state index in [9.17, 15) is 0 Å². The number of nitrogens with zero attached hydrogens (tertiary/aromatic N) is 2. The number of fused-ring (bicyclic) bond motifs is 1. The van der Waals surface area contributed by atoms with Crippen LogP contribution in [0.2, 0.25) is 0 Å². The third-order valence-electron chi connectivity index (χ3n) is 3.44. The Morgan fingerprint density at radius 3 is 2.12 bits per heavy atom. The van der Waals surface area contributed by atoms with Crippen molar-refractivity contribution in [1.82, 2.24) is 21.5 Å². The smallest absolute Gasteiger partial charge is 0.186 e. The summed E-state index contributed by atoms with van der Waals surface area (Å²) in [6.07, 6.45) is 0. The zero-order valence-corrected chi connectivity index (χ0v) is 15.9. The van der Waals surface area contributed by atoms with Crippen LogP contribution in [0.1, 0.15) is 12.5 Å². The summed E-state index contributed by atoms with van der Waals surface area (Å²) >= 11 is 10.2. The molecule has 0 aliphatic heterocycles. The second-order valence-corrected chi connectivity index (χ2v) is 5.88. The molecule has 0 saturated heterocycles. The van der Waals surface area contributed by atoms with E-state index in [2.05, 4.69) is 49.9 Å². The molecule has 0 aliphatic rings. The lowest BCUT2D eigenvalue weighted by Gasteiger charge is -2.12. The Labute approximate surface area is 157 Å². The van der Waals surface area contributed by atoms with Gasteiger partial charge in [0.2, 0.25) is 0 Å². The Hall–Kier alpha value is -2.58. The zero-order chi connectivity index (χ0) is 18.2. The molecule has 130 valence electrons. The molecule has 0 heterocycles. The van der Waals surface area contributed by atoms with E-state index in [0.717, 1.165) is 16.3 Å². The highest BCUT2D eigenvalue weighted by Crippen LogP contribution is 2.19. The molecule has 0 amide bonds. The van der Waals surface area contributed by atoms with E-state index in [1.807, 2.05) is 31.2 Å². The highest BCUT2D eigenvalue weighted by Gasteiger charge is 2.12. The van der Waals surface area contributed by atoms with Gasteiger partial charge in [0.15, 0.2) is 10.2 Å². The SMILES string of the molecule is CNC(=S)NN=C(C)C(=NNC(=S)NC)c1cccc2ccccc12. The fourth-order valence-electron chi connectivity index (χ4n) is 2.17. The van der Waals surface area contributed by atoms with Crippen LogP contribution in [0.5, 0.6) is 0 Å². The second kappa shape index (κ2) is 9.05. The van der Waals surface area contributed by atoms with Crippen LogP contribution in [-0.2, 0) is 0 Å². The fraction of sp³-hybridized carbons (Fsp3) is 0.176. The summed E-state index contributed by atoms with van der Waals surface area (Å²) in [6.45, 7) is 1.86. The number of nitrogens with one attached hydrogen (secondary N) is 4. The van der Waals surface area contributed by atoms with Crippen LogP contribution >= 0.6 is 24.4 Å². The van der Waals surface area contributed by atoms with Crippen molar-refractivity contribution in [1.29, 1.82) is 0 Å². The zero-order valence-electron chi connectivity index (χ0n) is 14.3. The summed E-state index contributed by atoms with van der Waals surface area (Å²) < 4.78 is 0. The Morgan fingerprint density at radius 1 is 0.840 bits per heavy atom. The van der Waals surface area contributed by atoms with E-state index in [4.69, 9.17) is 24.4 Å². The van der Waals surface area contributed by atoms with Crippen LogP contribution in [0.3, 0.4) is 0 Å². The van der Waals surface area contributed by atoms with Gasteiger partial charge in [0.05, 0.1) is 5.71 Å². The molecule has 6 nitrogen and oxygen atoms in total. The number of benzene rings is 2.